The lowest BCUT2D eigenvalue weighted by molar-refractivity contribution is 0.184. The van der Waals surface area contributed by atoms with Crippen LogP contribution in [0.2, 0.25) is 0 Å². The summed E-state index contributed by atoms with van der Waals surface area (Å²) >= 11 is 0. The third-order valence-electron chi connectivity index (χ3n) is 6.72. The van der Waals surface area contributed by atoms with Crippen LogP contribution in [0.25, 0.3) is 11.0 Å². The second-order valence-corrected chi connectivity index (χ2v) is 8.98. The Morgan fingerprint density at radius 2 is 1.83 bits per heavy atom. The van der Waals surface area contributed by atoms with Gasteiger partial charge in [-0.15, -0.1) is 0 Å². The Balaban J connectivity index is 1.52. The molecule has 36 heavy (non-hydrogen) atoms. The number of aryl methyl sites for hydroxylation is 1. The molecular formula is C27H24F2N6O. The van der Waals surface area contributed by atoms with Gasteiger partial charge in [0.25, 0.3) is 5.56 Å². The first-order valence-electron chi connectivity index (χ1n) is 11.6. The van der Waals surface area contributed by atoms with E-state index in [2.05, 4.69) is 25.8 Å². The van der Waals surface area contributed by atoms with E-state index in [9.17, 15) is 18.8 Å². The van der Waals surface area contributed by atoms with Crippen molar-refractivity contribution in [3.63, 3.8) is 0 Å². The van der Waals surface area contributed by atoms with Crippen LogP contribution in [0.1, 0.15) is 29.9 Å². The smallest absolute Gasteiger partial charge is 0.252 e. The standard InChI is InChI=1S/C27H24F2N6O/c1-17-16-34(27(18-6-8-19(28)9-7-18)21-4-3-5-24(29)32-21)12-13-35(17)23-14-25(36)33(2)22-11-10-20(15-30)31-26(22)23/h3-11,14,17,27H,12-13,16H2,1-2H3/t17-,27?/m0/s1. The van der Waals surface area contributed by atoms with Gasteiger partial charge < -0.3 is 9.47 Å². The predicted octanol–water partition coefficient (Wildman–Crippen LogP) is 3.78. The zero-order chi connectivity index (χ0) is 25.4. The molecule has 1 unspecified atom stereocenters. The summed E-state index contributed by atoms with van der Waals surface area (Å²) in [5.41, 5.74) is 3.40. The quantitative estimate of drug-likeness (QED) is 0.409. The number of anilines is 1. The number of hydrogen-bond donors (Lipinski definition) is 0. The largest absolute Gasteiger partial charge is 0.364 e. The molecule has 1 fully saturated rings. The van der Waals surface area contributed by atoms with Crippen LogP contribution in [0.4, 0.5) is 14.5 Å². The fraction of sp³-hybridized carbons (Fsp3) is 0.259. The van der Waals surface area contributed by atoms with Crippen molar-refractivity contribution in [3.8, 4) is 6.07 Å². The third-order valence-corrected chi connectivity index (χ3v) is 6.72. The molecule has 4 heterocycles. The number of halogens is 2. The molecule has 3 aromatic heterocycles. The summed E-state index contributed by atoms with van der Waals surface area (Å²) in [7, 11) is 1.68. The van der Waals surface area contributed by atoms with E-state index >= 15 is 0 Å². The summed E-state index contributed by atoms with van der Waals surface area (Å²) in [6.07, 6.45) is 0. The molecule has 1 aliphatic heterocycles. The van der Waals surface area contributed by atoms with Crippen LogP contribution in [0.5, 0.6) is 0 Å². The topological polar surface area (TPSA) is 78.0 Å². The van der Waals surface area contributed by atoms with Gasteiger partial charge in [-0.25, -0.2) is 14.4 Å². The van der Waals surface area contributed by atoms with Gasteiger partial charge in [0.15, 0.2) is 0 Å². The number of benzene rings is 1. The van der Waals surface area contributed by atoms with Gasteiger partial charge in [0.05, 0.1) is 22.9 Å². The maximum Gasteiger partial charge on any atom is 0.252 e. The van der Waals surface area contributed by atoms with Gasteiger partial charge in [-0.3, -0.25) is 9.69 Å². The number of aromatic nitrogens is 3. The fourth-order valence-electron chi connectivity index (χ4n) is 4.96. The molecule has 1 saturated heterocycles. The Morgan fingerprint density at radius 1 is 1.06 bits per heavy atom. The summed E-state index contributed by atoms with van der Waals surface area (Å²) < 4.78 is 29.2. The average molecular weight is 487 g/mol. The molecule has 0 radical (unpaired) electrons. The number of fused-ring (bicyclic) bond motifs is 1. The van der Waals surface area contributed by atoms with Crippen molar-refractivity contribution in [2.45, 2.75) is 19.0 Å². The highest BCUT2D eigenvalue weighted by molar-refractivity contribution is 5.89. The number of hydrogen-bond acceptors (Lipinski definition) is 6. The van der Waals surface area contributed by atoms with Crippen molar-refractivity contribution in [1.82, 2.24) is 19.4 Å². The predicted molar refractivity (Wildman–Crippen MR) is 133 cm³/mol. The summed E-state index contributed by atoms with van der Waals surface area (Å²) in [6.45, 7) is 3.77. The van der Waals surface area contributed by atoms with E-state index in [1.54, 1.807) is 49.5 Å². The normalized spacial score (nSPS) is 17.2. The van der Waals surface area contributed by atoms with E-state index < -0.39 is 5.95 Å². The molecule has 1 aliphatic rings. The molecule has 0 amide bonds. The lowest BCUT2D eigenvalue weighted by Gasteiger charge is -2.44. The van der Waals surface area contributed by atoms with Crippen LogP contribution in [-0.2, 0) is 7.05 Å². The highest BCUT2D eigenvalue weighted by Gasteiger charge is 2.32. The molecule has 7 nitrogen and oxygen atoms in total. The van der Waals surface area contributed by atoms with Crippen LogP contribution in [-0.4, -0.2) is 45.1 Å². The first-order valence-corrected chi connectivity index (χ1v) is 11.6. The molecule has 4 aromatic rings. The Labute approximate surface area is 206 Å². The van der Waals surface area contributed by atoms with Gasteiger partial charge in [-0.2, -0.15) is 9.65 Å². The van der Waals surface area contributed by atoms with Gasteiger partial charge in [0, 0.05) is 38.8 Å². The second-order valence-electron chi connectivity index (χ2n) is 8.98. The van der Waals surface area contributed by atoms with Crippen molar-refractivity contribution in [2.75, 3.05) is 24.5 Å². The molecule has 1 aromatic carbocycles. The van der Waals surface area contributed by atoms with E-state index in [1.807, 2.05) is 6.92 Å². The van der Waals surface area contributed by atoms with E-state index in [0.717, 1.165) is 5.56 Å². The maximum absolute atomic E-state index is 14.1. The van der Waals surface area contributed by atoms with E-state index in [0.29, 0.717) is 42.0 Å². The Hall–Kier alpha value is -4.16. The monoisotopic (exact) mass is 486 g/mol. The van der Waals surface area contributed by atoms with Crippen molar-refractivity contribution in [3.05, 3.63) is 99.7 Å². The first kappa shape index (κ1) is 23.6. The number of nitriles is 1. The molecule has 0 N–H and O–H groups in total. The number of rotatable bonds is 4. The SMILES string of the molecule is C[C@H]1CN(C(c2ccc(F)cc2)c2cccc(F)n2)CCN1c1cc(=O)n(C)c2ccc(C#N)nc12. The maximum atomic E-state index is 14.1. The second kappa shape index (κ2) is 9.47. The van der Waals surface area contributed by atoms with Gasteiger partial charge >= 0.3 is 0 Å². The van der Waals surface area contributed by atoms with Gasteiger partial charge in [0.1, 0.15) is 23.1 Å². The van der Waals surface area contributed by atoms with E-state index in [4.69, 9.17) is 0 Å². The van der Waals surface area contributed by atoms with Gasteiger partial charge in [0.2, 0.25) is 5.95 Å². The number of piperazine rings is 1. The van der Waals surface area contributed by atoms with E-state index in [1.165, 1.54) is 22.8 Å². The summed E-state index contributed by atoms with van der Waals surface area (Å²) in [6, 6.07) is 17.5. The van der Waals surface area contributed by atoms with E-state index in [-0.39, 0.29) is 29.2 Å². The number of nitrogens with zero attached hydrogens (tertiary/aromatic N) is 6. The minimum absolute atomic E-state index is 0.0434. The van der Waals surface area contributed by atoms with Crippen molar-refractivity contribution >= 4 is 16.7 Å². The van der Waals surface area contributed by atoms with Crippen LogP contribution < -0.4 is 10.5 Å². The molecule has 182 valence electrons. The van der Waals surface area contributed by atoms with Crippen molar-refractivity contribution in [1.29, 1.82) is 5.26 Å². The summed E-state index contributed by atoms with van der Waals surface area (Å²) in [5, 5.41) is 9.37. The zero-order valence-electron chi connectivity index (χ0n) is 19.9. The number of pyridine rings is 3. The minimum Gasteiger partial charge on any atom is -0.364 e. The molecule has 0 spiro atoms. The molecule has 9 heteroatoms. The zero-order valence-corrected chi connectivity index (χ0v) is 19.9. The lowest BCUT2D eigenvalue weighted by Crippen LogP contribution is -2.53. The summed E-state index contributed by atoms with van der Waals surface area (Å²) in [4.78, 5) is 25.7. The Morgan fingerprint density at radius 3 is 2.53 bits per heavy atom. The molecular weight excluding hydrogens is 462 g/mol. The van der Waals surface area contributed by atoms with Crippen LogP contribution in [0, 0.1) is 23.1 Å². The molecule has 2 atom stereocenters. The van der Waals surface area contributed by atoms with Gasteiger partial charge in [-0.1, -0.05) is 18.2 Å². The molecule has 0 aliphatic carbocycles. The minimum atomic E-state index is -0.572. The molecule has 0 bridgehead atoms. The van der Waals surface area contributed by atoms with Crippen molar-refractivity contribution < 1.29 is 8.78 Å². The fourth-order valence-corrected chi connectivity index (χ4v) is 4.96. The summed E-state index contributed by atoms with van der Waals surface area (Å²) in [5.74, 6) is -0.915. The van der Waals surface area contributed by atoms with Crippen molar-refractivity contribution in [2.24, 2.45) is 7.05 Å². The molecule has 5 rings (SSSR count). The third kappa shape index (κ3) is 4.32. The Kier molecular flexibility index (Phi) is 6.20. The van der Waals surface area contributed by atoms with Crippen LogP contribution in [0.3, 0.4) is 0 Å². The van der Waals surface area contributed by atoms with Crippen LogP contribution in [0.15, 0.2) is 65.5 Å². The van der Waals surface area contributed by atoms with Crippen LogP contribution >= 0.6 is 0 Å². The first-order chi connectivity index (χ1) is 17.4. The highest BCUT2D eigenvalue weighted by atomic mass is 19.1. The van der Waals surface area contributed by atoms with Gasteiger partial charge in [-0.05, 0) is 48.9 Å². The Bertz CT molecular complexity index is 1530. The highest BCUT2D eigenvalue weighted by Crippen LogP contribution is 2.33. The lowest BCUT2D eigenvalue weighted by atomic mass is 9.99. The average Bonchev–Trinajstić information content (AvgIpc) is 2.87. The molecule has 0 saturated carbocycles.